The molecule has 1 aromatic heterocycles. The van der Waals surface area contributed by atoms with Crippen LogP contribution in [0.2, 0.25) is 0 Å². The fourth-order valence-electron chi connectivity index (χ4n) is 2.54. The minimum Gasteiger partial charge on any atom is -0.463 e. The van der Waals surface area contributed by atoms with Gasteiger partial charge >= 0.3 is 5.97 Å². The summed E-state index contributed by atoms with van der Waals surface area (Å²) in [7, 11) is 0. The Balaban J connectivity index is 2.22. The second kappa shape index (κ2) is 7.02. The Morgan fingerprint density at radius 1 is 1.32 bits per heavy atom. The Morgan fingerprint density at radius 2 is 2.00 bits per heavy atom. The molecule has 1 fully saturated rings. The van der Waals surface area contributed by atoms with E-state index in [-0.39, 0.29) is 5.97 Å². The molecule has 1 saturated carbocycles. The average Bonchev–Trinajstić information content (AvgIpc) is 2.47. The summed E-state index contributed by atoms with van der Waals surface area (Å²) in [5.74, 6) is 0.117. The molecule has 0 radical (unpaired) electrons. The third-order valence-corrected chi connectivity index (χ3v) is 3.46. The van der Waals surface area contributed by atoms with Gasteiger partial charge in [-0.15, -0.1) is 0 Å². The molecule has 0 N–H and O–H groups in total. The fourth-order valence-corrected chi connectivity index (χ4v) is 2.54. The van der Waals surface area contributed by atoms with E-state index in [1.54, 1.807) is 12.4 Å². The molecule has 0 unspecified atom stereocenters. The maximum Gasteiger partial charge on any atom is 0.334 e. The van der Waals surface area contributed by atoms with Gasteiger partial charge < -0.3 is 4.74 Å². The first-order valence-corrected chi connectivity index (χ1v) is 6.95. The number of hydrogen-bond donors (Lipinski definition) is 0. The molecule has 19 heavy (non-hydrogen) atoms. The van der Waals surface area contributed by atoms with E-state index in [9.17, 15) is 4.79 Å². The highest BCUT2D eigenvalue weighted by atomic mass is 16.5. The SMILES string of the molecule is CCOC(=O)C(=Cc1cncnc1)C1CCCCC1. The van der Waals surface area contributed by atoms with Crippen LogP contribution < -0.4 is 0 Å². The van der Waals surface area contributed by atoms with Crippen LogP contribution >= 0.6 is 0 Å². The van der Waals surface area contributed by atoms with E-state index in [0.29, 0.717) is 12.5 Å². The van der Waals surface area contributed by atoms with Crippen LogP contribution in [-0.4, -0.2) is 22.5 Å². The summed E-state index contributed by atoms with van der Waals surface area (Å²) < 4.78 is 5.18. The van der Waals surface area contributed by atoms with Gasteiger partial charge in [0, 0.05) is 23.5 Å². The molecule has 1 heterocycles. The molecule has 0 spiro atoms. The van der Waals surface area contributed by atoms with Crippen molar-refractivity contribution in [3.8, 4) is 0 Å². The van der Waals surface area contributed by atoms with E-state index >= 15 is 0 Å². The van der Waals surface area contributed by atoms with Crippen molar-refractivity contribution in [1.82, 2.24) is 9.97 Å². The van der Waals surface area contributed by atoms with Gasteiger partial charge in [-0.3, -0.25) is 0 Å². The van der Waals surface area contributed by atoms with Gasteiger partial charge in [-0.1, -0.05) is 19.3 Å². The van der Waals surface area contributed by atoms with Gasteiger partial charge in [-0.25, -0.2) is 14.8 Å². The van der Waals surface area contributed by atoms with Gasteiger partial charge in [0.25, 0.3) is 0 Å². The first-order chi connectivity index (χ1) is 9.31. The molecule has 1 aliphatic rings. The summed E-state index contributed by atoms with van der Waals surface area (Å²) in [6.07, 6.45) is 12.6. The summed E-state index contributed by atoms with van der Waals surface area (Å²) in [4.78, 5) is 20.1. The van der Waals surface area contributed by atoms with Crippen molar-refractivity contribution >= 4 is 12.0 Å². The van der Waals surface area contributed by atoms with E-state index < -0.39 is 0 Å². The summed E-state index contributed by atoms with van der Waals surface area (Å²) in [5, 5.41) is 0. The molecule has 1 aromatic rings. The molecule has 4 nitrogen and oxygen atoms in total. The molecular formula is C15H20N2O2. The molecule has 0 aromatic carbocycles. The molecule has 0 saturated heterocycles. The highest BCUT2D eigenvalue weighted by Gasteiger charge is 2.24. The molecule has 0 atom stereocenters. The van der Waals surface area contributed by atoms with E-state index in [4.69, 9.17) is 4.74 Å². The number of rotatable bonds is 4. The molecule has 0 bridgehead atoms. The van der Waals surface area contributed by atoms with Crippen molar-refractivity contribution < 1.29 is 9.53 Å². The maximum absolute atomic E-state index is 12.1. The van der Waals surface area contributed by atoms with Crippen LogP contribution in [0.1, 0.15) is 44.6 Å². The van der Waals surface area contributed by atoms with Gasteiger partial charge in [0.2, 0.25) is 0 Å². The van der Waals surface area contributed by atoms with Crippen LogP contribution in [0.3, 0.4) is 0 Å². The molecule has 1 aliphatic carbocycles. The number of ether oxygens (including phenoxy) is 1. The van der Waals surface area contributed by atoms with Crippen molar-refractivity contribution in [3.05, 3.63) is 29.9 Å². The number of nitrogens with zero attached hydrogens (tertiary/aromatic N) is 2. The van der Waals surface area contributed by atoms with Crippen LogP contribution in [0.4, 0.5) is 0 Å². The van der Waals surface area contributed by atoms with E-state index in [1.165, 1.54) is 25.6 Å². The van der Waals surface area contributed by atoms with E-state index in [2.05, 4.69) is 9.97 Å². The van der Waals surface area contributed by atoms with Crippen molar-refractivity contribution in [2.45, 2.75) is 39.0 Å². The number of hydrogen-bond acceptors (Lipinski definition) is 4. The number of carbonyl (C=O) groups excluding carboxylic acids is 1. The Hall–Kier alpha value is -1.71. The van der Waals surface area contributed by atoms with Crippen molar-refractivity contribution in [3.63, 3.8) is 0 Å². The van der Waals surface area contributed by atoms with Crippen LogP contribution in [0.5, 0.6) is 0 Å². The lowest BCUT2D eigenvalue weighted by Crippen LogP contribution is -2.18. The summed E-state index contributed by atoms with van der Waals surface area (Å²) >= 11 is 0. The predicted molar refractivity (Wildman–Crippen MR) is 73.2 cm³/mol. The van der Waals surface area contributed by atoms with E-state index in [1.807, 2.05) is 13.0 Å². The zero-order chi connectivity index (χ0) is 13.5. The first kappa shape index (κ1) is 13.7. The third-order valence-electron chi connectivity index (χ3n) is 3.46. The van der Waals surface area contributed by atoms with Gasteiger partial charge in [-0.05, 0) is 31.8 Å². The van der Waals surface area contributed by atoms with Crippen LogP contribution in [0, 0.1) is 5.92 Å². The first-order valence-electron chi connectivity index (χ1n) is 6.95. The summed E-state index contributed by atoms with van der Waals surface area (Å²) in [5.41, 5.74) is 1.63. The highest BCUT2D eigenvalue weighted by molar-refractivity contribution is 5.94. The zero-order valence-electron chi connectivity index (χ0n) is 11.3. The number of carbonyl (C=O) groups is 1. The number of aromatic nitrogens is 2. The Kier molecular flexibility index (Phi) is 5.07. The second-order valence-corrected chi connectivity index (χ2v) is 4.83. The molecule has 102 valence electrons. The van der Waals surface area contributed by atoms with Gasteiger partial charge in [0.1, 0.15) is 6.33 Å². The Morgan fingerprint density at radius 3 is 2.63 bits per heavy atom. The smallest absolute Gasteiger partial charge is 0.334 e. The second-order valence-electron chi connectivity index (χ2n) is 4.83. The number of esters is 1. The minimum absolute atomic E-state index is 0.196. The monoisotopic (exact) mass is 260 g/mol. The predicted octanol–water partition coefficient (Wildman–Crippen LogP) is 3.00. The van der Waals surface area contributed by atoms with E-state index in [0.717, 1.165) is 24.0 Å². The topological polar surface area (TPSA) is 52.1 Å². The fraction of sp³-hybridized carbons (Fsp3) is 0.533. The van der Waals surface area contributed by atoms with Crippen molar-refractivity contribution in [2.24, 2.45) is 5.92 Å². The van der Waals surface area contributed by atoms with Crippen molar-refractivity contribution in [1.29, 1.82) is 0 Å². The third kappa shape index (κ3) is 3.88. The van der Waals surface area contributed by atoms with Crippen LogP contribution in [0.25, 0.3) is 6.08 Å². The lowest BCUT2D eigenvalue weighted by molar-refractivity contribution is -0.139. The van der Waals surface area contributed by atoms with Crippen LogP contribution in [-0.2, 0) is 9.53 Å². The highest BCUT2D eigenvalue weighted by Crippen LogP contribution is 2.31. The molecule has 0 amide bonds. The molecule has 2 rings (SSSR count). The average molecular weight is 260 g/mol. The van der Waals surface area contributed by atoms with Crippen LogP contribution in [0.15, 0.2) is 24.3 Å². The lowest BCUT2D eigenvalue weighted by Gasteiger charge is -2.23. The maximum atomic E-state index is 12.1. The normalized spacial score (nSPS) is 17.2. The molecular weight excluding hydrogens is 240 g/mol. The zero-order valence-corrected chi connectivity index (χ0v) is 11.3. The largest absolute Gasteiger partial charge is 0.463 e. The van der Waals surface area contributed by atoms with Crippen molar-refractivity contribution in [2.75, 3.05) is 6.61 Å². The molecule has 0 aliphatic heterocycles. The summed E-state index contributed by atoms with van der Waals surface area (Å²) in [6, 6.07) is 0. The Bertz CT molecular complexity index is 437. The molecule has 4 heteroatoms. The van der Waals surface area contributed by atoms with Gasteiger partial charge in [-0.2, -0.15) is 0 Å². The van der Waals surface area contributed by atoms with Gasteiger partial charge in [0.15, 0.2) is 0 Å². The summed E-state index contributed by atoms with van der Waals surface area (Å²) in [6.45, 7) is 2.25. The van der Waals surface area contributed by atoms with Gasteiger partial charge in [0.05, 0.1) is 6.61 Å². The minimum atomic E-state index is -0.196. The Labute approximate surface area is 113 Å². The quantitative estimate of drug-likeness (QED) is 0.617. The standard InChI is InChI=1S/C15H20N2O2/c1-2-19-15(18)14(13-6-4-3-5-7-13)8-12-9-16-11-17-10-12/h8-11,13H,2-7H2,1H3. The lowest BCUT2D eigenvalue weighted by atomic mass is 9.83.